The zero-order valence-corrected chi connectivity index (χ0v) is 16.3. The van der Waals surface area contributed by atoms with Crippen LogP contribution in [0.1, 0.15) is 30.7 Å². The van der Waals surface area contributed by atoms with Crippen molar-refractivity contribution in [3.8, 4) is 22.6 Å². The number of alkyl halides is 3. The summed E-state index contributed by atoms with van der Waals surface area (Å²) >= 11 is 0. The van der Waals surface area contributed by atoms with Gasteiger partial charge >= 0.3 is 6.18 Å². The van der Waals surface area contributed by atoms with Crippen molar-refractivity contribution in [1.82, 2.24) is 0 Å². The first-order valence-corrected chi connectivity index (χ1v) is 9.16. The molecule has 1 aromatic heterocycles. The second-order valence-electron chi connectivity index (χ2n) is 6.84. The Kier molecular flexibility index (Phi) is 5.77. The summed E-state index contributed by atoms with van der Waals surface area (Å²) in [4.78, 5) is 0. The molecule has 2 aromatic carbocycles. The molecule has 0 bridgehead atoms. The van der Waals surface area contributed by atoms with Gasteiger partial charge in [-0.15, -0.1) is 0 Å². The molecule has 3 rings (SSSR count). The number of benzene rings is 2. The fourth-order valence-corrected chi connectivity index (χ4v) is 3.12. The van der Waals surface area contributed by atoms with Crippen molar-refractivity contribution in [3.63, 3.8) is 0 Å². The lowest BCUT2D eigenvalue weighted by Crippen LogP contribution is -2.14. The molecule has 29 heavy (non-hydrogen) atoms. The summed E-state index contributed by atoms with van der Waals surface area (Å²) < 4.78 is 52.0. The van der Waals surface area contributed by atoms with Crippen LogP contribution in [0.4, 0.5) is 19.1 Å². The van der Waals surface area contributed by atoms with E-state index in [1.165, 1.54) is 12.1 Å². The van der Waals surface area contributed by atoms with E-state index in [1.54, 1.807) is 20.9 Å². The molecule has 1 heterocycles. The van der Waals surface area contributed by atoms with Crippen LogP contribution in [0.2, 0.25) is 0 Å². The minimum Gasteiger partial charge on any atom is -0.504 e. The Morgan fingerprint density at radius 2 is 1.76 bits per heavy atom. The van der Waals surface area contributed by atoms with E-state index in [2.05, 4.69) is 5.32 Å². The summed E-state index contributed by atoms with van der Waals surface area (Å²) in [6, 6.07) is 13.1. The van der Waals surface area contributed by atoms with E-state index in [-0.39, 0.29) is 34.3 Å². The first-order valence-electron chi connectivity index (χ1n) is 9.16. The SMILES string of the molecule is CNc1oc(Cc2ccccc2)c(O)c1-c1cccc(C(F)(F)F)c1OC(C)C. The first kappa shape index (κ1) is 20.6. The minimum absolute atomic E-state index is 0.110. The van der Waals surface area contributed by atoms with E-state index in [4.69, 9.17) is 9.15 Å². The zero-order chi connectivity index (χ0) is 21.2. The molecule has 0 fully saturated rings. The maximum Gasteiger partial charge on any atom is 0.419 e. The largest absolute Gasteiger partial charge is 0.504 e. The van der Waals surface area contributed by atoms with Crippen LogP contribution < -0.4 is 10.1 Å². The van der Waals surface area contributed by atoms with E-state index < -0.39 is 17.8 Å². The molecule has 4 nitrogen and oxygen atoms in total. The molecule has 3 aromatic rings. The summed E-state index contributed by atoms with van der Waals surface area (Å²) in [5.74, 6) is -0.134. The molecule has 0 saturated heterocycles. The van der Waals surface area contributed by atoms with Crippen LogP contribution in [-0.4, -0.2) is 18.3 Å². The number of halogens is 3. The van der Waals surface area contributed by atoms with Gasteiger partial charge in [-0.2, -0.15) is 13.2 Å². The van der Waals surface area contributed by atoms with Gasteiger partial charge in [-0.05, 0) is 25.5 Å². The Balaban J connectivity index is 2.17. The van der Waals surface area contributed by atoms with Gasteiger partial charge in [0.1, 0.15) is 5.75 Å². The molecular formula is C22H22F3NO3. The summed E-state index contributed by atoms with van der Waals surface area (Å²) in [7, 11) is 1.57. The fraction of sp³-hybridized carbons (Fsp3) is 0.273. The van der Waals surface area contributed by atoms with Gasteiger partial charge in [0.05, 0.1) is 17.2 Å². The lowest BCUT2D eigenvalue weighted by molar-refractivity contribution is -0.139. The number of ether oxygens (including phenoxy) is 1. The highest BCUT2D eigenvalue weighted by Crippen LogP contribution is 2.49. The Hall–Kier alpha value is -3.09. The molecule has 0 aliphatic rings. The third-order valence-electron chi connectivity index (χ3n) is 4.33. The average Bonchev–Trinajstić information content (AvgIpc) is 2.97. The Bertz CT molecular complexity index is 979. The van der Waals surface area contributed by atoms with Gasteiger partial charge in [0.15, 0.2) is 11.5 Å². The molecular weight excluding hydrogens is 383 g/mol. The van der Waals surface area contributed by atoms with Crippen molar-refractivity contribution in [2.24, 2.45) is 0 Å². The molecule has 7 heteroatoms. The van der Waals surface area contributed by atoms with E-state index in [9.17, 15) is 18.3 Å². The highest BCUT2D eigenvalue weighted by Gasteiger charge is 2.37. The van der Waals surface area contributed by atoms with Crippen molar-refractivity contribution in [2.45, 2.75) is 32.5 Å². The monoisotopic (exact) mass is 405 g/mol. The van der Waals surface area contributed by atoms with Crippen LogP contribution in [-0.2, 0) is 12.6 Å². The van der Waals surface area contributed by atoms with Gasteiger partial charge in [0.25, 0.3) is 0 Å². The van der Waals surface area contributed by atoms with Crippen molar-refractivity contribution in [1.29, 1.82) is 0 Å². The predicted molar refractivity (Wildman–Crippen MR) is 105 cm³/mol. The lowest BCUT2D eigenvalue weighted by Gasteiger charge is -2.19. The topological polar surface area (TPSA) is 54.6 Å². The number of aromatic hydroxyl groups is 1. The standard InChI is InChI=1S/C22H22F3NO3/c1-13(2)28-20-15(10-7-11-16(20)22(23,24)25)18-19(27)17(29-21(18)26-3)12-14-8-5-4-6-9-14/h4-11,13,26-27H,12H2,1-3H3. The number of rotatable bonds is 6. The molecule has 0 aliphatic heterocycles. The van der Waals surface area contributed by atoms with Crippen molar-refractivity contribution in [2.75, 3.05) is 12.4 Å². The second-order valence-corrected chi connectivity index (χ2v) is 6.84. The number of furan rings is 1. The van der Waals surface area contributed by atoms with Crippen LogP contribution in [0.3, 0.4) is 0 Å². The summed E-state index contributed by atoms with van der Waals surface area (Å²) in [6.45, 7) is 3.29. The fourth-order valence-electron chi connectivity index (χ4n) is 3.12. The smallest absolute Gasteiger partial charge is 0.419 e. The Morgan fingerprint density at radius 3 is 2.34 bits per heavy atom. The van der Waals surface area contributed by atoms with Crippen LogP contribution in [0, 0.1) is 0 Å². The van der Waals surface area contributed by atoms with Gasteiger partial charge in [0.2, 0.25) is 5.88 Å². The van der Waals surface area contributed by atoms with Crippen molar-refractivity contribution < 1.29 is 27.4 Å². The first-order chi connectivity index (χ1) is 13.7. The normalized spacial score (nSPS) is 11.7. The van der Waals surface area contributed by atoms with Crippen LogP contribution in [0.25, 0.3) is 11.1 Å². The summed E-state index contributed by atoms with van der Waals surface area (Å²) in [6.07, 6.45) is -4.81. The molecule has 0 aliphatic carbocycles. The maximum atomic E-state index is 13.6. The number of anilines is 1. The van der Waals surface area contributed by atoms with E-state index in [0.29, 0.717) is 6.42 Å². The molecule has 0 saturated carbocycles. The Morgan fingerprint density at radius 1 is 1.07 bits per heavy atom. The minimum atomic E-state index is -4.60. The van der Waals surface area contributed by atoms with Gasteiger partial charge in [-0.3, -0.25) is 0 Å². The van der Waals surface area contributed by atoms with Gasteiger partial charge < -0.3 is 19.6 Å². The van der Waals surface area contributed by atoms with Crippen molar-refractivity contribution in [3.05, 3.63) is 65.4 Å². The van der Waals surface area contributed by atoms with E-state index in [1.807, 2.05) is 30.3 Å². The number of hydrogen-bond acceptors (Lipinski definition) is 4. The summed E-state index contributed by atoms with van der Waals surface area (Å²) in [5.41, 5.74) is 0.239. The van der Waals surface area contributed by atoms with E-state index in [0.717, 1.165) is 11.6 Å². The quantitative estimate of drug-likeness (QED) is 0.521. The Labute approximate surface area is 166 Å². The number of nitrogens with one attached hydrogen (secondary N) is 1. The molecule has 154 valence electrons. The molecule has 0 amide bonds. The highest BCUT2D eigenvalue weighted by molar-refractivity contribution is 5.86. The van der Waals surface area contributed by atoms with Gasteiger partial charge in [-0.25, -0.2) is 0 Å². The number of para-hydroxylation sites is 1. The average molecular weight is 405 g/mol. The highest BCUT2D eigenvalue weighted by atomic mass is 19.4. The van der Waals surface area contributed by atoms with Crippen LogP contribution in [0.15, 0.2) is 52.9 Å². The zero-order valence-electron chi connectivity index (χ0n) is 16.3. The van der Waals surface area contributed by atoms with Crippen LogP contribution in [0.5, 0.6) is 11.5 Å². The van der Waals surface area contributed by atoms with Crippen molar-refractivity contribution >= 4 is 5.88 Å². The van der Waals surface area contributed by atoms with E-state index >= 15 is 0 Å². The molecule has 0 atom stereocenters. The molecule has 0 spiro atoms. The molecule has 2 N–H and O–H groups in total. The molecule has 0 unspecified atom stereocenters. The third kappa shape index (κ3) is 4.34. The maximum absolute atomic E-state index is 13.6. The van der Waals surface area contributed by atoms with Crippen LogP contribution >= 0.6 is 0 Å². The summed E-state index contributed by atoms with van der Waals surface area (Å²) in [5, 5.41) is 13.7. The van der Waals surface area contributed by atoms with Gasteiger partial charge in [0, 0.05) is 19.0 Å². The lowest BCUT2D eigenvalue weighted by atomic mass is 10.0. The third-order valence-corrected chi connectivity index (χ3v) is 4.33. The predicted octanol–water partition coefficient (Wildman–Crippen LogP) is 6.09. The second kappa shape index (κ2) is 8.11. The number of hydrogen-bond donors (Lipinski definition) is 2. The molecule has 0 radical (unpaired) electrons. The van der Waals surface area contributed by atoms with Gasteiger partial charge in [-0.1, -0.05) is 42.5 Å².